The number of nitrogens with zero attached hydrogens (tertiary/aromatic N) is 3. The van der Waals surface area contributed by atoms with E-state index in [4.69, 9.17) is 4.42 Å². The lowest BCUT2D eigenvalue weighted by molar-refractivity contribution is 0.605. The number of hydrogen-bond donors (Lipinski definition) is 1. The molecular weight excluding hydrogens is 496 g/mol. The topological polar surface area (TPSA) is 73.0 Å². The maximum Gasteiger partial charge on any atom is 0.196 e. The first-order valence-electron chi connectivity index (χ1n) is 13.4. The fourth-order valence-electron chi connectivity index (χ4n) is 5.17. The molecule has 0 fully saturated rings. The van der Waals surface area contributed by atoms with Crippen molar-refractivity contribution in [3.05, 3.63) is 136 Å². The molecule has 4 aromatic carbocycles. The first-order chi connectivity index (χ1) is 19.5. The van der Waals surface area contributed by atoms with Crippen molar-refractivity contribution in [3.8, 4) is 22.6 Å². The summed E-state index contributed by atoms with van der Waals surface area (Å²) in [6.07, 6.45) is 1.97. The molecule has 0 spiro atoms. The highest BCUT2D eigenvalue weighted by molar-refractivity contribution is 5.85. The largest absolute Gasteiger partial charge is 0.455 e. The number of para-hydroxylation sites is 1. The molecular formula is C34H30N4O2. The maximum absolute atomic E-state index is 13.5. The van der Waals surface area contributed by atoms with Crippen LogP contribution >= 0.6 is 0 Å². The van der Waals surface area contributed by atoms with Gasteiger partial charge in [-0.2, -0.15) is 0 Å². The molecule has 0 aliphatic heterocycles. The van der Waals surface area contributed by atoms with Gasteiger partial charge in [0.05, 0.1) is 24.2 Å². The van der Waals surface area contributed by atoms with Crippen molar-refractivity contribution in [1.82, 2.24) is 15.0 Å². The highest BCUT2D eigenvalue weighted by atomic mass is 16.3. The molecule has 198 valence electrons. The first-order valence-corrected chi connectivity index (χ1v) is 13.4. The van der Waals surface area contributed by atoms with Gasteiger partial charge in [-0.1, -0.05) is 90.1 Å². The van der Waals surface area contributed by atoms with Crippen LogP contribution in [0.2, 0.25) is 0 Å². The van der Waals surface area contributed by atoms with Crippen molar-refractivity contribution in [1.29, 1.82) is 0 Å². The van der Waals surface area contributed by atoms with E-state index in [-0.39, 0.29) is 11.5 Å². The van der Waals surface area contributed by atoms with Gasteiger partial charge < -0.3 is 9.73 Å². The van der Waals surface area contributed by atoms with Crippen molar-refractivity contribution in [2.75, 3.05) is 5.32 Å². The van der Waals surface area contributed by atoms with Crippen LogP contribution in [0.15, 0.2) is 112 Å². The molecule has 1 atom stereocenters. The van der Waals surface area contributed by atoms with E-state index in [0.717, 1.165) is 39.2 Å². The summed E-state index contributed by atoms with van der Waals surface area (Å²) in [5.74, 6) is 0.603. The van der Waals surface area contributed by atoms with Gasteiger partial charge in [0.1, 0.15) is 17.0 Å². The zero-order chi connectivity index (χ0) is 27.6. The van der Waals surface area contributed by atoms with Gasteiger partial charge in [0.2, 0.25) is 0 Å². The van der Waals surface area contributed by atoms with E-state index < -0.39 is 0 Å². The average molecular weight is 527 g/mol. The van der Waals surface area contributed by atoms with Crippen LogP contribution in [0.4, 0.5) is 5.69 Å². The van der Waals surface area contributed by atoms with Crippen LogP contribution in [0.25, 0.3) is 33.6 Å². The highest BCUT2D eigenvalue weighted by Gasteiger charge is 2.20. The number of aryl methyl sites for hydroxylation is 1. The number of anilines is 1. The van der Waals surface area contributed by atoms with Gasteiger partial charge in [-0.15, -0.1) is 5.10 Å². The van der Waals surface area contributed by atoms with Crippen LogP contribution in [-0.4, -0.2) is 15.0 Å². The van der Waals surface area contributed by atoms with E-state index in [0.29, 0.717) is 28.8 Å². The van der Waals surface area contributed by atoms with Crippen LogP contribution in [0.3, 0.4) is 0 Å². The summed E-state index contributed by atoms with van der Waals surface area (Å²) in [6, 6.07) is 31.9. The Bertz CT molecular complexity index is 1860. The molecule has 2 heterocycles. The summed E-state index contributed by atoms with van der Waals surface area (Å²) in [7, 11) is 0. The van der Waals surface area contributed by atoms with E-state index in [1.54, 1.807) is 0 Å². The lowest BCUT2D eigenvalue weighted by atomic mass is 9.98. The third-order valence-electron chi connectivity index (χ3n) is 7.20. The molecule has 1 unspecified atom stereocenters. The van der Waals surface area contributed by atoms with E-state index in [9.17, 15) is 4.79 Å². The molecule has 0 amide bonds. The van der Waals surface area contributed by atoms with Crippen molar-refractivity contribution in [2.24, 2.45) is 0 Å². The number of nitrogens with one attached hydrogen (secondary N) is 1. The average Bonchev–Trinajstić information content (AvgIpc) is 3.44. The predicted molar refractivity (Wildman–Crippen MR) is 160 cm³/mol. The Morgan fingerprint density at radius 2 is 1.60 bits per heavy atom. The number of benzene rings is 4. The van der Waals surface area contributed by atoms with Gasteiger partial charge >= 0.3 is 0 Å². The lowest BCUT2D eigenvalue weighted by Crippen LogP contribution is -2.12. The third-order valence-corrected chi connectivity index (χ3v) is 7.20. The minimum atomic E-state index is -0.155. The molecule has 0 saturated carbocycles. The summed E-state index contributed by atoms with van der Waals surface area (Å²) in [6.45, 7) is 6.57. The molecule has 6 aromatic rings. The van der Waals surface area contributed by atoms with Gasteiger partial charge in [-0.3, -0.25) is 4.79 Å². The molecule has 6 heteroatoms. The Balaban J connectivity index is 1.37. The lowest BCUT2D eigenvalue weighted by Gasteiger charge is -2.20. The van der Waals surface area contributed by atoms with Crippen LogP contribution < -0.4 is 10.7 Å². The molecule has 0 saturated heterocycles. The van der Waals surface area contributed by atoms with Crippen molar-refractivity contribution < 1.29 is 4.42 Å². The Labute approximate surface area is 232 Å². The first kappa shape index (κ1) is 25.3. The van der Waals surface area contributed by atoms with Gasteiger partial charge in [-0.25, -0.2) is 4.68 Å². The summed E-state index contributed by atoms with van der Waals surface area (Å²) in [5, 5.41) is 13.1. The Morgan fingerprint density at radius 1 is 0.900 bits per heavy atom. The Kier molecular flexibility index (Phi) is 6.74. The van der Waals surface area contributed by atoms with Crippen molar-refractivity contribution in [3.63, 3.8) is 0 Å². The molecule has 1 N–H and O–H groups in total. The molecule has 6 rings (SSSR count). The second-order valence-corrected chi connectivity index (χ2v) is 10.2. The highest BCUT2D eigenvalue weighted by Crippen LogP contribution is 2.34. The Morgan fingerprint density at radius 3 is 2.38 bits per heavy atom. The summed E-state index contributed by atoms with van der Waals surface area (Å²) in [5.41, 5.74) is 7.85. The molecule has 2 aromatic heterocycles. The van der Waals surface area contributed by atoms with Crippen LogP contribution in [-0.2, 0) is 6.54 Å². The van der Waals surface area contributed by atoms with Gasteiger partial charge in [-0.05, 0) is 44.0 Å². The third kappa shape index (κ3) is 4.92. The zero-order valence-corrected chi connectivity index (χ0v) is 22.8. The standard InChI is InChI=1S/C34H30N4O2/c1-22-18-28(34-29(19-22)32(39)23(2)33(40-34)26-14-8-5-9-15-26)24(3)35-30-17-11-10-16-27(30)31-21-38(37-36-31)20-25-12-6-4-7-13-25/h4-19,21,24,35H,20H2,1-3H3. The molecule has 0 bridgehead atoms. The second-order valence-electron chi connectivity index (χ2n) is 10.2. The van der Waals surface area contributed by atoms with E-state index in [2.05, 4.69) is 40.8 Å². The summed E-state index contributed by atoms with van der Waals surface area (Å²) < 4.78 is 8.36. The monoisotopic (exact) mass is 526 g/mol. The minimum Gasteiger partial charge on any atom is -0.455 e. The van der Waals surface area contributed by atoms with Crippen molar-refractivity contribution in [2.45, 2.75) is 33.4 Å². The number of hydrogen-bond acceptors (Lipinski definition) is 5. The normalized spacial score (nSPS) is 12.0. The smallest absolute Gasteiger partial charge is 0.196 e. The maximum atomic E-state index is 13.5. The molecule has 6 nitrogen and oxygen atoms in total. The predicted octanol–water partition coefficient (Wildman–Crippen LogP) is 7.56. The number of rotatable bonds is 7. The van der Waals surface area contributed by atoms with Crippen LogP contribution in [0.5, 0.6) is 0 Å². The van der Waals surface area contributed by atoms with E-state index in [1.807, 2.05) is 104 Å². The van der Waals surface area contributed by atoms with Gasteiger partial charge in [0.15, 0.2) is 5.43 Å². The van der Waals surface area contributed by atoms with Crippen LogP contribution in [0.1, 0.15) is 35.2 Å². The fraction of sp³-hybridized carbons (Fsp3) is 0.147. The Hall–Kier alpha value is -4.97. The molecule has 0 radical (unpaired) electrons. The second kappa shape index (κ2) is 10.7. The fourth-order valence-corrected chi connectivity index (χ4v) is 5.17. The molecule has 0 aliphatic rings. The number of fused-ring (bicyclic) bond motifs is 1. The quantitative estimate of drug-likeness (QED) is 0.232. The summed E-state index contributed by atoms with van der Waals surface area (Å²) in [4.78, 5) is 13.5. The van der Waals surface area contributed by atoms with E-state index in [1.165, 1.54) is 0 Å². The van der Waals surface area contributed by atoms with Crippen molar-refractivity contribution >= 4 is 16.7 Å². The van der Waals surface area contributed by atoms with Crippen LogP contribution in [0, 0.1) is 13.8 Å². The molecule has 40 heavy (non-hydrogen) atoms. The molecule has 0 aliphatic carbocycles. The van der Waals surface area contributed by atoms with Gasteiger partial charge in [0, 0.05) is 27.9 Å². The van der Waals surface area contributed by atoms with E-state index >= 15 is 0 Å². The van der Waals surface area contributed by atoms with Gasteiger partial charge in [0.25, 0.3) is 0 Å². The SMILES string of the molecule is Cc1cc(C(C)Nc2ccccc2-c2cn(Cc3ccccc3)nn2)c2oc(-c3ccccc3)c(C)c(=O)c2c1. The zero-order valence-electron chi connectivity index (χ0n) is 22.8. The summed E-state index contributed by atoms with van der Waals surface area (Å²) >= 11 is 0. The number of aromatic nitrogens is 3. The minimum absolute atomic E-state index is 0.00677.